The molecule has 0 saturated carbocycles. The van der Waals surface area contributed by atoms with E-state index in [9.17, 15) is 0 Å². The number of hydrogen-bond donors (Lipinski definition) is 1. The van der Waals surface area contributed by atoms with Gasteiger partial charge in [-0.05, 0) is 38.1 Å². The highest BCUT2D eigenvalue weighted by molar-refractivity contribution is 7.16. The van der Waals surface area contributed by atoms with Crippen molar-refractivity contribution in [2.45, 2.75) is 38.8 Å². The number of benzene rings is 1. The Bertz CT molecular complexity index is 996. The molecule has 5 heteroatoms. The zero-order valence-electron chi connectivity index (χ0n) is 16.8. The Morgan fingerprint density at radius 3 is 2.83 bits per heavy atom. The summed E-state index contributed by atoms with van der Waals surface area (Å²) in [5.41, 5.74) is 3.32. The molecule has 3 aromatic rings. The molecule has 1 aliphatic rings. The van der Waals surface area contributed by atoms with Crippen LogP contribution in [0.25, 0.3) is 21.8 Å². The molecule has 1 saturated heterocycles. The number of aromatic nitrogens is 2. The first-order chi connectivity index (χ1) is 14.3. The molecule has 1 atom stereocenters. The van der Waals surface area contributed by atoms with Crippen LogP contribution in [0.5, 0.6) is 0 Å². The van der Waals surface area contributed by atoms with E-state index in [2.05, 4.69) is 58.6 Å². The predicted molar refractivity (Wildman–Crippen MR) is 120 cm³/mol. The van der Waals surface area contributed by atoms with Gasteiger partial charge >= 0.3 is 0 Å². The molecule has 0 bridgehead atoms. The van der Waals surface area contributed by atoms with E-state index in [-0.39, 0.29) is 6.61 Å². The van der Waals surface area contributed by atoms with Crippen molar-refractivity contribution in [3.05, 3.63) is 53.7 Å². The third kappa shape index (κ3) is 4.45. The van der Waals surface area contributed by atoms with E-state index >= 15 is 0 Å². The van der Waals surface area contributed by atoms with Crippen LogP contribution in [0.3, 0.4) is 0 Å². The second-order valence-electron chi connectivity index (χ2n) is 7.36. The summed E-state index contributed by atoms with van der Waals surface area (Å²) in [6.07, 6.45) is 5.84. The number of piperidine rings is 1. The predicted octanol–water partition coefficient (Wildman–Crippen LogP) is 4.50. The second kappa shape index (κ2) is 9.41. The van der Waals surface area contributed by atoms with Crippen molar-refractivity contribution >= 4 is 11.3 Å². The SMILES string of the molecule is CCN1CCCCC1Cn1cnc(-c2ccccc2)c1-c1ccc(C#CCO)s1. The summed E-state index contributed by atoms with van der Waals surface area (Å²) >= 11 is 1.66. The molecule has 1 fully saturated rings. The van der Waals surface area contributed by atoms with Gasteiger partial charge in [0.2, 0.25) is 0 Å². The van der Waals surface area contributed by atoms with Crippen molar-refractivity contribution in [1.82, 2.24) is 14.5 Å². The van der Waals surface area contributed by atoms with E-state index in [1.165, 1.54) is 36.4 Å². The van der Waals surface area contributed by atoms with Crippen LogP contribution < -0.4 is 0 Å². The van der Waals surface area contributed by atoms with Crippen LogP contribution in [0, 0.1) is 11.8 Å². The van der Waals surface area contributed by atoms with Crippen LogP contribution >= 0.6 is 11.3 Å². The largest absolute Gasteiger partial charge is 0.384 e. The fourth-order valence-electron chi connectivity index (χ4n) is 4.16. The molecule has 0 spiro atoms. The van der Waals surface area contributed by atoms with E-state index in [1.807, 2.05) is 18.5 Å². The second-order valence-corrected chi connectivity index (χ2v) is 8.45. The number of hydrogen-bond acceptors (Lipinski definition) is 4. The molecule has 1 N–H and O–H groups in total. The molecule has 3 heterocycles. The highest BCUT2D eigenvalue weighted by Crippen LogP contribution is 2.36. The highest BCUT2D eigenvalue weighted by Gasteiger charge is 2.24. The lowest BCUT2D eigenvalue weighted by Gasteiger charge is -2.35. The maximum Gasteiger partial charge on any atom is 0.104 e. The molecule has 0 amide bonds. The lowest BCUT2D eigenvalue weighted by Crippen LogP contribution is -2.41. The van der Waals surface area contributed by atoms with Gasteiger partial charge in [-0.15, -0.1) is 11.3 Å². The zero-order chi connectivity index (χ0) is 20.1. The van der Waals surface area contributed by atoms with Crippen LogP contribution in [0.15, 0.2) is 48.8 Å². The minimum Gasteiger partial charge on any atom is -0.384 e. The Morgan fingerprint density at radius 1 is 1.17 bits per heavy atom. The van der Waals surface area contributed by atoms with E-state index in [1.54, 1.807) is 11.3 Å². The first-order valence-corrected chi connectivity index (χ1v) is 11.2. The number of aliphatic hydroxyl groups excluding tert-OH is 1. The Balaban J connectivity index is 1.73. The van der Waals surface area contributed by atoms with Crippen molar-refractivity contribution in [2.24, 2.45) is 0 Å². The number of rotatable bonds is 5. The van der Waals surface area contributed by atoms with Crippen molar-refractivity contribution in [2.75, 3.05) is 19.7 Å². The van der Waals surface area contributed by atoms with Crippen molar-refractivity contribution in [1.29, 1.82) is 0 Å². The van der Waals surface area contributed by atoms with E-state index < -0.39 is 0 Å². The summed E-state index contributed by atoms with van der Waals surface area (Å²) in [6.45, 7) is 5.39. The summed E-state index contributed by atoms with van der Waals surface area (Å²) in [4.78, 5) is 9.56. The number of imidazole rings is 1. The Labute approximate surface area is 176 Å². The molecule has 29 heavy (non-hydrogen) atoms. The topological polar surface area (TPSA) is 41.3 Å². The highest BCUT2D eigenvalue weighted by atomic mass is 32.1. The Kier molecular flexibility index (Phi) is 6.46. The first kappa shape index (κ1) is 19.9. The average molecular weight is 406 g/mol. The van der Waals surface area contributed by atoms with Crippen molar-refractivity contribution in [3.63, 3.8) is 0 Å². The van der Waals surface area contributed by atoms with Gasteiger partial charge in [-0.1, -0.05) is 55.5 Å². The van der Waals surface area contributed by atoms with Crippen LogP contribution in [0.1, 0.15) is 31.1 Å². The van der Waals surface area contributed by atoms with Gasteiger partial charge in [-0.2, -0.15) is 0 Å². The number of thiophene rings is 1. The van der Waals surface area contributed by atoms with Crippen molar-refractivity contribution < 1.29 is 5.11 Å². The minimum absolute atomic E-state index is 0.116. The molecule has 2 aromatic heterocycles. The summed E-state index contributed by atoms with van der Waals surface area (Å²) in [7, 11) is 0. The molecule has 150 valence electrons. The Hall–Kier alpha value is -2.39. The number of likely N-dealkylation sites (tertiary alicyclic amines) is 1. The summed E-state index contributed by atoms with van der Waals surface area (Å²) in [5.74, 6) is 5.78. The lowest BCUT2D eigenvalue weighted by atomic mass is 10.0. The van der Waals surface area contributed by atoms with Gasteiger partial charge in [0.05, 0.1) is 27.5 Å². The standard InChI is InChI=1S/C24H27N3OS/c1-2-26-15-7-6-11-20(26)17-27-18-25-23(19-9-4-3-5-10-19)24(27)22-14-13-21(29-22)12-8-16-28/h3-5,9-10,13-14,18,20,28H,2,6-7,11,15-17H2,1H3. The zero-order valence-corrected chi connectivity index (χ0v) is 17.7. The molecule has 0 aliphatic carbocycles. The minimum atomic E-state index is -0.116. The Morgan fingerprint density at radius 2 is 2.03 bits per heavy atom. The molecule has 0 radical (unpaired) electrons. The molecule has 1 unspecified atom stereocenters. The first-order valence-electron chi connectivity index (χ1n) is 10.3. The normalized spacial score (nSPS) is 17.1. The quantitative estimate of drug-likeness (QED) is 0.636. The summed E-state index contributed by atoms with van der Waals surface area (Å²) in [5, 5.41) is 9.00. The van der Waals surface area contributed by atoms with Gasteiger partial charge < -0.3 is 9.67 Å². The van der Waals surface area contributed by atoms with Crippen LogP contribution in [0.2, 0.25) is 0 Å². The fraction of sp³-hybridized carbons (Fsp3) is 0.375. The third-order valence-electron chi connectivity index (χ3n) is 5.58. The monoisotopic (exact) mass is 405 g/mol. The van der Waals surface area contributed by atoms with Gasteiger partial charge in [-0.25, -0.2) is 4.98 Å². The van der Waals surface area contributed by atoms with Crippen molar-refractivity contribution in [3.8, 4) is 33.7 Å². The van der Waals surface area contributed by atoms with Gasteiger partial charge in [0, 0.05) is 18.2 Å². The maximum absolute atomic E-state index is 9.00. The average Bonchev–Trinajstić information content (AvgIpc) is 3.40. The summed E-state index contributed by atoms with van der Waals surface area (Å²) < 4.78 is 2.33. The van der Waals surface area contributed by atoms with E-state index in [0.717, 1.165) is 29.2 Å². The van der Waals surface area contributed by atoms with Crippen LogP contribution in [0.4, 0.5) is 0 Å². The molecular weight excluding hydrogens is 378 g/mol. The number of aliphatic hydroxyl groups is 1. The molecule has 4 nitrogen and oxygen atoms in total. The van der Waals surface area contributed by atoms with Gasteiger partial charge in [-0.3, -0.25) is 4.90 Å². The fourth-order valence-corrected chi connectivity index (χ4v) is 5.10. The van der Waals surface area contributed by atoms with Gasteiger partial charge in [0.15, 0.2) is 0 Å². The number of nitrogens with zero attached hydrogens (tertiary/aromatic N) is 3. The summed E-state index contributed by atoms with van der Waals surface area (Å²) in [6, 6.07) is 15.1. The maximum atomic E-state index is 9.00. The van der Waals surface area contributed by atoms with Crippen LogP contribution in [-0.4, -0.2) is 45.3 Å². The number of likely N-dealkylation sites (N-methyl/N-ethyl adjacent to an activating group) is 1. The molecule has 1 aromatic carbocycles. The molecule has 1 aliphatic heterocycles. The lowest BCUT2D eigenvalue weighted by molar-refractivity contribution is 0.141. The van der Waals surface area contributed by atoms with Gasteiger partial charge in [0.25, 0.3) is 0 Å². The van der Waals surface area contributed by atoms with Crippen LogP contribution in [-0.2, 0) is 6.54 Å². The van der Waals surface area contributed by atoms with E-state index in [4.69, 9.17) is 10.1 Å². The molecule has 4 rings (SSSR count). The van der Waals surface area contributed by atoms with E-state index in [0.29, 0.717) is 6.04 Å². The smallest absolute Gasteiger partial charge is 0.104 e. The third-order valence-corrected chi connectivity index (χ3v) is 6.59. The molecular formula is C24H27N3OS. The van der Waals surface area contributed by atoms with Gasteiger partial charge in [0.1, 0.15) is 6.61 Å².